The molecule has 6 heteroatoms. The molecule has 2 N–H and O–H groups in total. The van der Waals surface area contributed by atoms with Gasteiger partial charge in [0.2, 0.25) is 5.91 Å². The van der Waals surface area contributed by atoms with Crippen molar-refractivity contribution >= 4 is 11.6 Å². The molecule has 1 amide bonds. The van der Waals surface area contributed by atoms with Crippen molar-refractivity contribution in [3.05, 3.63) is 48.4 Å². The fraction of sp³-hybridized carbons (Fsp3) is 0.476. The Labute approximate surface area is 161 Å². The number of rotatable bonds is 8. The zero-order chi connectivity index (χ0) is 19.1. The lowest BCUT2D eigenvalue weighted by Gasteiger charge is -2.37. The molecule has 0 saturated carbocycles. The van der Waals surface area contributed by atoms with E-state index in [0.29, 0.717) is 13.0 Å². The number of piperazine rings is 1. The van der Waals surface area contributed by atoms with Gasteiger partial charge in [0.05, 0.1) is 46.1 Å². The van der Waals surface area contributed by atoms with Crippen LogP contribution in [0.2, 0.25) is 0 Å². The van der Waals surface area contributed by atoms with E-state index < -0.39 is 0 Å². The van der Waals surface area contributed by atoms with E-state index in [0.717, 1.165) is 44.1 Å². The van der Waals surface area contributed by atoms with Crippen molar-refractivity contribution < 1.29 is 18.8 Å². The summed E-state index contributed by atoms with van der Waals surface area (Å²) in [4.78, 5) is 15.8. The quantitative estimate of drug-likeness (QED) is 0.740. The molecular weight excluding hydrogens is 342 g/mol. The molecule has 0 bridgehead atoms. The highest BCUT2D eigenvalue weighted by molar-refractivity contribution is 5.75. The van der Waals surface area contributed by atoms with E-state index in [1.54, 1.807) is 13.4 Å². The Hall–Kier alpha value is -2.47. The summed E-state index contributed by atoms with van der Waals surface area (Å²) in [6.07, 6.45) is 3.15. The number of carbonyl (C=O) groups excluding carboxylic acids is 1. The first-order valence-electron chi connectivity index (χ1n) is 9.75. The van der Waals surface area contributed by atoms with Gasteiger partial charge in [-0.15, -0.1) is 0 Å². The molecule has 0 unspecified atom stereocenters. The molecule has 1 aromatic carbocycles. The number of hydrogen-bond acceptors (Lipinski definition) is 4. The highest BCUT2D eigenvalue weighted by Gasteiger charge is 2.30. The number of nitrogens with one attached hydrogen (secondary N) is 2. The number of quaternary nitrogens is 1. The number of amides is 1. The van der Waals surface area contributed by atoms with E-state index in [9.17, 15) is 4.79 Å². The first kappa shape index (κ1) is 19.3. The average Bonchev–Trinajstić information content (AvgIpc) is 3.23. The van der Waals surface area contributed by atoms with E-state index in [4.69, 9.17) is 9.15 Å². The van der Waals surface area contributed by atoms with Crippen LogP contribution in [0.1, 0.15) is 31.6 Å². The monoisotopic (exact) mass is 372 g/mol. The van der Waals surface area contributed by atoms with Crippen LogP contribution in [0, 0.1) is 0 Å². The molecular formula is C21H30N3O3+. The molecule has 1 atom stereocenters. The Bertz CT molecular complexity index is 692. The lowest BCUT2D eigenvalue weighted by molar-refractivity contribution is -0.932. The molecule has 1 saturated heterocycles. The SMILES string of the molecule is CCCC(=O)NC[C@@H](c1ccco1)[NH+]1CCN(c2ccc(OC)cc2)CC1. The topological polar surface area (TPSA) is 59.2 Å². The summed E-state index contributed by atoms with van der Waals surface area (Å²) < 4.78 is 10.9. The van der Waals surface area contributed by atoms with Gasteiger partial charge in [-0.25, -0.2) is 0 Å². The number of ether oxygens (including phenoxy) is 1. The Balaban J connectivity index is 1.60. The van der Waals surface area contributed by atoms with Crippen LogP contribution in [0.15, 0.2) is 47.1 Å². The summed E-state index contributed by atoms with van der Waals surface area (Å²) >= 11 is 0. The van der Waals surface area contributed by atoms with Crippen LogP contribution in [0.25, 0.3) is 0 Å². The second-order valence-electron chi connectivity index (χ2n) is 6.97. The summed E-state index contributed by atoms with van der Waals surface area (Å²) in [5.74, 6) is 1.94. The first-order chi connectivity index (χ1) is 13.2. The number of anilines is 1. The van der Waals surface area contributed by atoms with E-state index in [1.165, 1.54) is 10.6 Å². The van der Waals surface area contributed by atoms with Crippen LogP contribution in [0.4, 0.5) is 5.69 Å². The zero-order valence-corrected chi connectivity index (χ0v) is 16.2. The number of methoxy groups -OCH3 is 1. The summed E-state index contributed by atoms with van der Waals surface area (Å²) in [5.41, 5.74) is 1.22. The highest BCUT2D eigenvalue weighted by Crippen LogP contribution is 2.19. The first-order valence-corrected chi connectivity index (χ1v) is 9.75. The second-order valence-corrected chi connectivity index (χ2v) is 6.97. The molecule has 2 aromatic rings. The molecule has 1 aromatic heterocycles. The molecule has 2 heterocycles. The normalized spacial score (nSPS) is 16.1. The van der Waals surface area contributed by atoms with Gasteiger partial charge in [-0.1, -0.05) is 6.92 Å². The van der Waals surface area contributed by atoms with Gasteiger partial charge in [0, 0.05) is 12.1 Å². The summed E-state index contributed by atoms with van der Waals surface area (Å²) in [6.45, 7) is 6.59. The van der Waals surface area contributed by atoms with Crippen LogP contribution in [-0.2, 0) is 4.79 Å². The number of nitrogens with zero attached hydrogens (tertiary/aromatic N) is 1. The predicted octanol–water partition coefficient (Wildman–Crippen LogP) is 1.65. The third-order valence-electron chi connectivity index (χ3n) is 5.20. The van der Waals surface area contributed by atoms with Crippen molar-refractivity contribution in [3.63, 3.8) is 0 Å². The Kier molecular flexibility index (Phi) is 6.76. The molecule has 146 valence electrons. The average molecular weight is 372 g/mol. The smallest absolute Gasteiger partial charge is 0.220 e. The van der Waals surface area contributed by atoms with Gasteiger partial charge in [-0.05, 0) is 42.8 Å². The van der Waals surface area contributed by atoms with Crippen LogP contribution in [0.5, 0.6) is 5.75 Å². The van der Waals surface area contributed by atoms with Gasteiger partial charge >= 0.3 is 0 Å². The minimum absolute atomic E-state index is 0.116. The summed E-state index contributed by atoms with van der Waals surface area (Å²) in [5, 5.41) is 3.08. The van der Waals surface area contributed by atoms with Gasteiger partial charge in [-0.2, -0.15) is 0 Å². The highest BCUT2D eigenvalue weighted by atomic mass is 16.5. The van der Waals surface area contributed by atoms with Crippen LogP contribution in [-0.4, -0.2) is 45.7 Å². The van der Waals surface area contributed by atoms with Crippen molar-refractivity contribution in [2.75, 3.05) is 44.7 Å². The van der Waals surface area contributed by atoms with Crippen LogP contribution >= 0.6 is 0 Å². The molecule has 0 aliphatic carbocycles. The Morgan fingerprint density at radius 1 is 1.26 bits per heavy atom. The van der Waals surface area contributed by atoms with Crippen molar-refractivity contribution in [2.45, 2.75) is 25.8 Å². The van der Waals surface area contributed by atoms with E-state index in [-0.39, 0.29) is 11.9 Å². The van der Waals surface area contributed by atoms with E-state index in [1.807, 2.05) is 31.2 Å². The largest absolute Gasteiger partial charge is 0.497 e. The standard InChI is InChI=1S/C21H29N3O3/c1-3-5-21(25)22-16-19(20-6-4-15-27-20)24-13-11-23(12-14-24)17-7-9-18(26-2)10-8-17/h4,6-10,15,19H,3,5,11-14,16H2,1-2H3,(H,22,25)/p+1/t19-/m0/s1. The van der Waals surface area contributed by atoms with Gasteiger partial charge in [0.25, 0.3) is 0 Å². The Morgan fingerprint density at radius 2 is 2.00 bits per heavy atom. The van der Waals surface area contributed by atoms with Crippen molar-refractivity contribution in [1.82, 2.24) is 5.32 Å². The zero-order valence-electron chi connectivity index (χ0n) is 16.2. The van der Waals surface area contributed by atoms with Gasteiger partial charge in [-0.3, -0.25) is 4.79 Å². The maximum Gasteiger partial charge on any atom is 0.220 e. The van der Waals surface area contributed by atoms with E-state index in [2.05, 4.69) is 22.3 Å². The molecule has 0 spiro atoms. The van der Waals surface area contributed by atoms with Gasteiger partial charge < -0.3 is 24.3 Å². The molecule has 1 aliphatic rings. The third-order valence-corrected chi connectivity index (χ3v) is 5.20. The van der Waals surface area contributed by atoms with Gasteiger partial charge in [0.15, 0.2) is 11.8 Å². The summed E-state index contributed by atoms with van der Waals surface area (Å²) in [7, 11) is 1.69. The molecule has 1 aliphatic heterocycles. The van der Waals surface area contributed by atoms with Gasteiger partial charge in [0.1, 0.15) is 5.75 Å². The van der Waals surface area contributed by atoms with Crippen LogP contribution in [0.3, 0.4) is 0 Å². The number of carbonyl (C=O) groups is 1. The number of hydrogen-bond donors (Lipinski definition) is 2. The van der Waals surface area contributed by atoms with Crippen molar-refractivity contribution in [3.8, 4) is 5.75 Å². The Morgan fingerprint density at radius 3 is 2.59 bits per heavy atom. The number of benzene rings is 1. The third kappa shape index (κ3) is 5.04. The summed E-state index contributed by atoms with van der Waals surface area (Å²) in [6, 6.07) is 12.3. The molecule has 1 fully saturated rings. The molecule has 3 rings (SSSR count). The van der Waals surface area contributed by atoms with Crippen molar-refractivity contribution in [1.29, 1.82) is 0 Å². The minimum Gasteiger partial charge on any atom is -0.497 e. The maximum absolute atomic E-state index is 11.9. The maximum atomic E-state index is 11.9. The predicted molar refractivity (Wildman–Crippen MR) is 105 cm³/mol. The van der Waals surface area contributed by atoms with Crippen LogP contribution < -0.4 is 19.9 Å². The van der Waals surface area contributed by atoms with Crippen molar-refractivity contribution in [2.24, 2.45) is 0 Å². The molecule has 6 nitrogen and oxygen atoms in total. The second kappa shape index (κ2) is 9.46. The number of furan rings is 1. The minimum atomic E-state index is 0.116. The lowest BCUT2D eigenvalue weighted by atomic mass is 10.1. The molecule has 0 radical (unpaired) electrons. The lowest BCUT2D eigenvalue weighted by Crippen LogP contribution is -3.15. The fourth-order valence-corrected chi connectivity index (χ4v) is 3.66. The molecule has 27 heavy (non-hydrogen) atoms. The fourth-order valence-electron chi connectivity index (χ4n) is 3.66. The van der Waals surface area contributed by atoms with E-state index >= 15 is 0 Å².